The van der Waals surface area contributed by atoms with Gasteiger partial charge < -0.3 is 10.0 Å². The number of aliphatic carboxylic acids is 1. The van der Waals surface area contributed by atoms with Gasteiger partial charge in [-0.15, -0.1) is 0 Å². The van der Waals surface area contributed by atoms with Gasteiger partial charge in [0.2, 0.25) is 0 Å². The number of aromatic nitrogens is 2. The average Bonchev–Trinajstić information content (AvgIpc) is 2.42. The van der Waals surface area contributed by atoms with Gasteiger partial charge in [-0.05, 0) is 40.5 Å². The van der Waals surface area contributed by atoms with E-state index in [9.17, 15) is 14.7 Å². The van der Waals surface area contributed by atoms with Crippen LogP contribution in [-0.2, 0) is 4.79 Å². The molecule has 1 aliphatic rings. The first-order valence-corrected chi connectivity index (χ1v) is 7.18. The number of rotatable bonds is 2. The van der Waals surface area contributed by atoms with Crippen LogP contribution in [0.4, 0.5) is 0 Å². The van der Waals surface area contributed by atoms with Crippen LogP contribution in [0.1, 0.15) is 47.3 Å². The van der Waals surface area contributed by atoms with Gasteiger partial charge in [0.25, 0.3) is 5.91 Å². The summed E-state index contributed by atoms with van der Waals surface area (Å²) in [5, 5.41) is 9.25. The Morgan fingerprint density at radius 1 is 1.14 bits per heavy atom. The van der Waals surface area contributed by atoms with Crippen molar-refractivity contribution in [3.05, 3.63) is 22.8 Å². The molecule has 1 aliphatic heterocycles. The van der Waals surface area contributed by atoms with Crippen LogP contribution >= 0.6 is 0 Å². The number of piperidine rings is 1. The fourth-order valence-electron chi connectivity index (χ4n) is 2.81. The number of nitrogens with zero attached hydrogens (tertiary/aromatic N) is 3. The van der Waals surface area contributed by atoms with E-state index in [0.29, 0.717) is 30.8 Å². The normalized spacial score (nSPS) is 22.2. The fourth-order valence-corrected chi connectivity index (χ4v) is 2.81. The van der Waals surface area contributed by atoms with E-state index < -0.39 is 11.9 Å². The second-order valence-corrected chi connectivity index (χ2v) is 5.65. The van der Waals surface area contributed by atoms with Crippen LogP contribution in [-0.4, -0.2) is 44.4 Å². The summed E-state index contributed by atoms with van der Waals surface area (Å²) >= 11 is 0. The molecule has 0 bridgehead atoms. The lowest BCUT2D eigenvalue weighted by Crippen LogP contribution is -2.49. The summed E-state index contributed by atoms with van der Waals surface area (Å²) in [6.07, 6.45) is 1.31. The Hall–Kier alpha value is -1.98. The molecule has 114 valence electrons. The first kappa shape index (κ1) is 15.4. The first-order chi connectivity index (χ1) is 9.82. The van der Waals surface area contributed by atoms with E-state index in [1.165, 1.54) is 0 Å². The lowest BCUT2D eigenvalue weighted by atomic mass is 9.90. The van der Waals surface area contributed by atoms with Crippen molar-refractivity contribution in [2.24, 2.45) is 5.92 Å². The Bertz CT molecular complexity index is 586. The van der Waals surface area contributed by atoms with Crippen LogP contribution < -0.4 is 0 Å². The van der Waals surface area contributed by atoms with Gasteiger partial charge in [0, 0.05) is 12.6 Å². The summed E-state index contributed by atoms with van der Waals surface area (Å²) in [6.45, 7) is 7.79. The Kier molecular flexibility index (Phi) is 4.25. The maximum atomic E-state index is 12.7. The van der Waals surface area contributed by atoms with Gasteiger partial charge in [-0.3, -0.25) is 14.6 Å². The van der Waals surface area contributed by atoms with Crippen LogP contribution in [0.25, 0.3) is 0 Å². The zero-order chi connectivity index (χ0) is 15.7. The maximum absolute atomic E-state index is 12.7. The fraction of sp³-hybridized carbons (Fsp3) is 0.600. The number of hydrogen-bond acceptors (Lipinski definition) is 4. The molecular formula is C15H21N3O3. The highest BCUT2D eigenvalue weighted by Crippen LogP contribution is 2.25. The number of likely N-dealkylation sites (tertiary alicyclic amines) is 1. The van der Waals surface area contributed by atoms with Crippen molar-refractivity contribution in [3.8, 4) is 0 Å². The van der Waals surface area contributed by atoms with E-state index in [1.807, 2.05) is 13.8 Å². The van der Waals surface area contributed by atoms with E-state index in [0.717, 1.165) is 11.4 Å². The molecular weight excluding hydrogens is 270 g/mol. The van der Waals surface area contributed by atoms with E-state index in [1.54, 1.807) is 18.7 Å². The van der Waals surface area contributed by atoms with Crippen LogP contribution in [0, 0.1) is 26.7 Å². The van der Waals surface area contributed by atoms with Gasteiger partial charge in [-0.1, -0.05) is 0 Å². The van der Waals surface area contributed by atoms with Gasteiger partial charge in [0.1, 0.15) is 5.69 Å². The summed E-state index contributed by atoms with van der Waals surface area (Å²) in [7, 11) is 0. The lowest BCUT2D eigenvalue weighted by molar-refractivity contribution is -0.144. The van der Waals surface area contributed by atoms with E-state index in [4.69, 9.17) is 0 Å². The monoisotopic (exact) mass is 291 g/mol. The molecule has 1 fully saturated rings. The summed E-state index contributed by atoms with van der Waals surface area (Å²) in [5.74, 6) is -1.58. The minimum Gasteiger partial charge on any atom is -0.481 e. The minimum absolute atomic E-state index is 0.221. The highest BCUT2D eigenvalue weighted by molar-refractivity contribution is 5.94. The largest absolute Gasteiger partial charge is 0.481 e. The number of aryl methyl sites for hydroxylation is 3. The number of carboxylic acids is 1. The van der Waals surface area contributed by atoms with Gasteiger partial charge in [0.15, 0.2) is 0 Å². The van der Waals surface area contributed by atoms with Crippen LogP contribution in [0.3, 0.4) is 0 Å². The Morgan fingerprint density at radius 2 is 1.76 bits per heavy atom. The van der Waals surface area contributed by atoms with Crippen molar-refractivity contribution in [2.75, 3.05) is 6.54 Å². The summed E-state index contributed by atoms with van der Waals surface area (Å²) < 4.78 is 0. The molecule has 0 radical (unpaired) electrons. The van der Waals surface area contributed by atoms with Crippen LogP contribution in [0.2, 0.25) is 0 Å². The van der Waals surface area contributed by atoms with Crippen molar-refractivity contribution < 1.29 is 14.7 Å². The smallest absolute Gasteiger partial charge is 0.308 e. The van der Waals surface area contributed by atoms with Crippen LogP contribution in [0.5, 0.6) is 0 Å². The molecule has 0 unspecified atom stereocenters. The van der Waals surface area contributed by atoms with Gasteiger partial charge in [0.05, 0.1) is 23.0 Å². The number of carboxylic acid groups (broad SMARTS) is 1. The lowest BCUT2D eigenvalue weighted by Gasteiger charge is -2.37. The molecule has 1 N–H and O–H groups in total. The van der Waals surface area contributed by atoms with Gasteiger partial charge in [-0.25, -0.2) is 4.98 Å². The second kappa shape index (κ2) is 5.79. The molecule has 2 atom stereocenters. The first-order valence-electron chi connectivity index (χ1n) is 7.18. The van der Waals surface area contributed by atoms with Crippen molar-refractivity contribution in [1.29, 1.82) is 0 Å². The molecule has 1 saturated heterocycles. The second-order valence-electron chi connectivity index (χ2n) is 5.65. The standard InChI is InChI=1S/C15H21N3O3/c1-8-9(2)17-13(10(3)16-8)14(19)18-7-5-6-12(11(18)4)15(20)21/h11-12H,5-7H2,1-4H3,(H,20,21)/t11-,12-/m1/s1. The molecule has 0 spiro atoms. The van der Waals surface area contributed by atoms with Gasteiger partial charge >= 0.3 is 5.97 Å². The minimum atomic E-state index is -0.845. The predicted molar refractivity (Wildman–Crippen MR) is 77.1 cm³/mol. The van der Waals surface area contributed by atoms with Crippen LogP contribution in [0.15, 0.2) is 0 Å². The van der Waals surface area contributed by atoms with Gasteiger partial charge in [-0.2, -0.15) is 0 Å². The zero-order valence-corrected chi connectivity index (χ0v) is 12.9. The highest BCUT2D eigenvalue weighted by Gasteiger charge is 2.36. The molecule has 2 rings (SSSR count). The van der Waals surface area contributed by atoms with E-state index >= 15 is 0 Å². The molecule has 1 aromatic rings. The molecule has 21 heavy (non-hydrogen) atoms. The maximum Gasteiger partial charge on any atom is 0.308 e. The SMILES string of the molecule is Cc1nc(C)c(C(=O)N2CCC[C@@H](C(=O)O)[C@H]2C)nc1C. The molecule has 6 heteroatoms. The predicted octanol–water partition coefficient (Wildman–Crippen LogP) is 1.73. The van der Waals surface area contributed by atoms with Crippen molar-refractivity contribution in [1.82, 2.24) is 14.9 Å². The molecule has 1 aromatic heterocycles. The molecule has 0 aromatic carbocycles. The Morgan fingerprint density at radius 3 is 2.38 bits per heavy atom. The third-order valence-electron chi connectivity index (χ3n) is 4.25. The third kappa shape index (κ3) is 2.89. The highest BCUT2D eigenvalue weighted by atomic mass is 16.4. The summed E-state index contributed by atoms with van der Waals surface area (Å²) in [4.78, 5) is 34.3. The van der Waals surface area contributed by atoms with Crippen molar-refractivity contribution in [2.45, 2.75) is 46.6 Å². The summed E-state index contributed by atoms with van der Waals surface area (Å²) in [6, 6.07) is -0.327. The zero-order valence-electron chi connectivity index (χ0n) is 12.9. The number of hydrogen-bond donors (Lipinski definition) is 1. The molecule has 0 aliphatic carbocycles. The molecule has 2 heterocycles. The Balaban J connectivity index is 2.31. The third-order valence-corrected chi connectivity index (χ3v) is 4.25. The van der Waals surface area contributed by atoms with E-state index in [-0.39, 0.29) is 11.9 Å². The number of carbonyl (C=O) groups excluding carboxylic acids is 1. The number of carbonyl (C=O) groups is 2. The number of amides is 1. The van der Waals surface area contributed by atoms with Crippen molar-refractivity contribution in [3.63, 3.8) is 0 Å². The average molecular weight is 291 g/mol. The molecule has 6 nitrogen and oxygen atoms in total. The van der Waals surface area contributed by atoms with E-state index in [2.05, 4.69) is 9.97 Å². The van der Waals surface area contributed by atoms with Crippen molar-refractivity contribution >= 4 is 11.9 Å². The quantitative estimate of drug-likeness (QED) is 0.897. The Labute approximate surface area is 124 Å². The molecule has 0 saturated carbocycles. The molecule has 1 amide bonds. The summed E-state index contributed by atoms with van der Waals surface area (Å²) in [5.41, 5.74) is 2.45. The topological polar surface area (TPSA) is 83.4 Å².